The largest absolute Gasteiger partial charge is 0.452 e. The molecule has 0 radical (unpaired) electrons. The molecular weight excluding hydrogens is 318 g/mol. The molecule has 0 spiro atoms. The second-order valence-electron chi connectivity index (χ2n) is 5.23. The number of rotatable bonds is 7. The average molecular weight is 337 g/mol. The van der Waals surface area contributed by atoms with Crippen LogP contribution in [-0.2, 0) is 14.3 Å². The molecule has 0 aromatic carbocycles. The van der Waals surface area contributed by atoms with E-state index in [1.807, 2.05) is 0 Å². The van der Waals surface area contributed by atoms with E-state index in [1.165, 1.54) is 23.7 Å². The Morgan fingerprint density at radius 1 is 1.43 bits per heavy atom. The molecule has 1 aromatic heterocycles. The summed E-state index contributed by atoms with van der Waals surface area (Å²) in [6.45, 7) is -0.454. The summed E-state index contributed by atoms with van der Waals surface area (Å²) in [5, 5.41) is 3.34. The molecule has 2 amide bonds. The van der Waals surface area contributed by atoms with Crippen LogP contribution < -0.4 is 5.32 Å². The molecule has 1 aliphatic rings. The minimum atomic E-state index is -0.605. The van der Waals surface area contributed by atoms with Gasteiger partial charge in [-0.15, -0.1) is 11.8 Å². The predicted octanol–water partition coefficient (Wildman–Crippen LogP) is 0.697. The van der Waals surface area contributed by atoms with Crippen molar-refractivity contribution in [2.75, 3.05) is 26.5 Å². The summed E-state index contributed by atoms with van der Waals surface area (Å²) in [6, 6.07) is 3.48. The van der Waals surface area contributed by atoms with Crippen molar-refractivity contribution in [1.29, 1.82) is 0 Å². The first-order chi connectivity index (χ1) is 11.0. The van der Waals surface area contributed by atoms with Gasteiger partial charge in [-0.1, -0.05) is 0 Å². The smallest absolute Gasteiger partial charge is 0.341 e. The molecule has 0 unspecified atom stereocenters. The first-order valence-electron chi connectivity index (χ1n) is 7.20. The molecular formula is C15H19N3O4S. The van der Waals surface area contributed by atoms with Crippen molar-refractivity contribution < 1.29 is 19.1 Å². The van der Waals surface area contributed by atoms with Gasteiger partial charge in [0.25, 0.3) is 5.91 Å². The summed E-state index contributed by atoms with van der Waals surface area (Å²) in [7, 11) is 1.50. The van der Waals surface area contributed by atoms with Crippen LogP contribution >= 0.6 is 11.8 Å². The van der Waals surface area contributed by atoms with E-state index >= 15 is 0 Å². The van der Waals surface area contributed by atoms with Gasteiger partial charge in [0.1, 0.15) is 5.03 Å². The van der Waals surface area contributed by atoms with Crippen LogP contribution in [0.5, 0.6) is 0 Å². The van der Waals surface area contributed by atoms with Crippen LogP contribution in [0.2, 0.25) is 0 Å². The maximum Gasteiger partial charge on any atom is 0.341 e. The van der Waals surface area contributed by atoms with Crippen molar-refractivity contribution in [3.05, 3.63) is 23.9 Å². The minimum Gasteiger partial charge on any atom is -0.452 e. The molecule has 124 valence electrons. The van der Waals surface area contributed by atoms with Crippen LogP contribution in [0.15, 0.2) is 23.4 Å². The Labute approximate surface area is 138 Å². The summed E-state index contributed by atoms with van der Waals surface area (Å²) in [5.41, 5.74) is 0.321. The number of amides is 2. The monoisotopic (exact) mass is 337 g/mol. The standard InChI is InChI=1S/C15H19N3O4S/c1-18(8-12(19)17-10-5-6-10)13(20)9-22-15(21)11-4-3-7-16-14(11)23-2/h3-4,7,10H,5-6,8-9H2,1-2H3,(H,17,19). The molecule has 0 aliphatic heterocycles. The summed E-state index contributed by atoms with van der Waals surface area (Å²) >= 11 is 1.32. The summed E-state index contributed by atoms with van der Waals surface area (Å²) in [6.07, 6.45) is 5.37. The van der Waals surface area contributed by atoms with Crippen molar-refractivity contribution >= 4 is 29.5 Å². The average Bonchev–Trinajstić information content (AvgIpc) is 3.35. The van der Waals surface area contributed by atoms with E-state index in [0.717, 1.165) is 12.8 Å². The zero-order valence-electron chi connectivity index (χ0n) is 13.1. The van der Waals surface area contributed by atoms with Crippen LogP contribution in [0.4, 0.5) is 0 Å². The minimum absolute atomic E-state index is 0.0458. The third-order valence-corrected chi connectivity index (χ3v) is 3.97. The van der Waals surface area contributed by atoms with Crippen molar-refractivity contribution in [3.8, 4) is 0 Å². The van der Waals surface area contributed by atoms with Gasteiger partial charge in [-0.2, -0.15) is 0 Å². The Morgan fingerprint density at radius 3 is 2.83 bits per heavy atom. The SMILES string of the molecule is CSc1ncccc1C(=O)OCC(=O)N(C)CC(=O)NC1CC1. The first kappa shape index (κ1) is 17.3. The molecule has 1 heterocycles. The second-order valence-corrected chi connectivity index (χ2v) is 6.02. The molecule has 0 bridgehead atoms. The Balaban J connectivity index is 1.80. The number of hydrogen-bond acceptors (Lipinski definition) is 6. The van der Waals surface area contributed by atoms with Crippen molar-refractivity contribution in [3.63, 3.8) is 0 Å². The zero-order valence-corrected chi connectivity index (χ0v) is 13.9. The number of pyridine rings is 1. The number of carbonyl (C=O) groups excluding carboxylic acids is 3. The van der Waals surface area contributed by atoms with Crippen LogP contribution in [-0.4, -0.2) is 60.2 Å². The van der Waals surface area contributed by atoms with E-state index < -0.39 is 18.5 Å². The van der Waals surface area contributed by atoms with Gasteiger partial charge in [0.05, 0.1) is 12.1 Å². The van der Waals surface area contributed by atoms with Gasteiger partial charge >= 0.3 is 5.97 Å². The Hall–Kier alpha value is -2.09. The number of hydrogen-bond donors (Lipinski definition) is 1. The number of likely N-dealkylation sites (N-methyl/N-ethyl adjacent to an activating group) is 1. The fourth-order valence-electron chi connectivity index (χ4n) is 1.83. The molecule has 23 heavy (non-hydrogen) atoms. The van der Waals surface area contributed by atoms with Gasteiger partial charge in [0.2, 0.25) is 5.91 Å². The van der Waals surface area contributed by atoms with Crippen molar-refractivity contribution in [2.24, 2.45) is 0 Å². The van der Waals surface area contributed by atoms with Crippen molar-refractivity contribution in [2.45, 2.75) is 23.9 Å². The molecule has 7 nitrogen and oxygen atoms in total. The lowest BCUT2D eigenvalue weighted by Crippen LogP contribution is -2.40. The van der Waals surface area contributed by atoms with Gasteiger partial charge in [-0.25, -0.2) is 9.78 Å². The molecule has 1 aromatic rings. The molecule has 1 saturated carbocycles. The topological polar surface area (TPSA) is 88.6 Å². The highest BCUT2D eigenvalue weighted by molar-refractivity contribution is 7.98. The molecule has 0 atom stereocenters. The normalized spacial score (nSPS) is 13.3. The molecule has 1 N–H and O–H groups in total. The first-order valence-corrected chi connectivity index (χ1v) is 8.43. The van der Waals surface area contributed by atoms with Crippen LogP contribution in [0.1, 0.15) is 23.2 Å². The number of thioether (sulfide) groups is 1. The number of esters is 1. The highest BCUT2D eigenvalue weighted by atomic mass is 32.2. The lowest BCUT2D eigenvalue weighted by atomic mass is 10.3. The summed E-state index contributed by atoms with van der Waals surface area (Å²) in [4.78, 5) is 40.9. The fraction of sp³-hybridized carbons (Fsp3) is 0.467. The summed E-state index contributed by atoms with van der Waals surface area (Å²) in [5.74, 6) is -1.24. The molecule has 8 heteroatoms. The van der Waals surface area contributed by atoms with Crippen molar-refractivity contribution in [1.82, 2.24) is 15.2 Å². The van der Waals surface area contributed by atoms with Gasteiger partial charge in [-0.3, -0.25) is 9.59 Å². The van der Waals surface area contributed by atoms with E-state index in [0.29, 0.717) is 10.6 Å². The summed E-state index contributed by atoms with van der Waals surface area (Å²) < 4.78 is 5.01. The third-order valence-electron chi connectivity index (χ3n) is 3.26. The number of aromatic nitrogens is 1. The number of carbonyl (C=O) groups is 3. The predicted molar refractivity (Wildman–Crippen MR) is 85.1 cm³/mol. The van der Waals surface area contributed by atoms with Gasteiger partial charge in [0.15, 0.2) is 6.61 Å². The maximum absolute atomic E-state index is 12.0. The van der Waals surface area contributed by atoms with Gasteiger partial charge in [0, 0.05) is 19.3 Å². The molecule has 1 aliphatic carbocycles. The highest BCUT2D eigenvalue weighted by Gasteiger charge is 2.24. The molecule has 0 saturated heterocycles. The maximum atomic E-state index is 12.0. The second kappa shape index (κ2) is 7.96. The number of ether oxygens (including phenoxy) is 1. The quantitative estimate of drug-likeness (QED) is 0.582. The lowest BCUT2D eigenvalue weighted by Gasteiger charge is -2.16. The van der Waals surface area contributed by atoms with Crippen LogP contribution in [0.3, 0.4) is 0 Å². The Bertz CT molecular complexity index is 604. The van der Waals surface area contributed by atoms with Crippen LogP contribution in [0, 0.1) is 0 Å². The highest BCUT2D eigenvalue weighted by Crippen LogP contribution is 2.18. The van der Waals surface area contributed by atoms with E-state index in [4.69, 9.17) is 4.74 Å². The Morgan fingerprint density at radius 2 is 2.17 bits per heavy atom. The number of nitrogens with zero attached hydrogens (tertiary/aromatic N) is 2. The van der Waals surface area contributed by atoms with Gasteiger partial charge < -0.3 is 15.0 Å². The Kier molecular flexibility index (Phi) is 5.97. The number of nitrogens with one attached hydrogen (secondary N) is 1. The molecule has 2 rings (SSSR count). The van der Waals surface area contributed by atoms with E-state index in [-0.39, 0.29) is 18.5 Å². The van der Waals surface area contributed by atoms with Crippen LogP contribution in [0.25, 0.3) is 0 Å². The molecule has 1 fully saturated rings. The lowest BCUT2D eigenvalue weighted by molar-refractivity contribution is -0.137. The van der Waals surface area contributed by atoms with E-state index in [2.05, 4.69) is 10.3 Å². The fourth-order valence-corrected chi connectivity index (χ4v) is 2.37. The van der Waals surface area contributed by atoms with E-state index in [9.17, 15) is 14.4 Å². The zero-order chi connectivity index (χ0) is 16.8. The van der Waals surface area contributed by atoms with E-state index in [1.54, 1.807) is 24.6 Å². The third kappa shape index (κ3) is 5.24. The van der Waals surface area contributed by atoms with Gasteiger partial charge in [-0.05, 0) is 31.2 Å².